The molecule has 0 aromatic carbocycles. The second kappa shape index (κ2) is 7.77. The molecule has 31 heavy (non-hydrogen) atoms. The van der Waals surface area contributed by atoms with Crippen LogP contribution in [0.15, 0.2) is 28.4 Å². The SMILES string of the molecule is Cc1nc(N2CCC3(CC2)CO[C@@H](C)[C@H]3N)n2cnnc2c1Sc1ccnc(N)c1Cl. The monoisotopic (exact) mass is 460 g/mol. The highest BCUT2D eigenvalue weighted by atomic mass is 35.5. The van der Waals surface area contributed by atoms with E-state index in [1.165, 1.54) is 11.8 Å². The molecule has 3 aromatic heterocycles. The van der Waals surface area contributed by atoms with E-state index in [-0.39, 0.29) is 17.6 Å². The standard InChI is InChI=1S/C20H25ClN8OS/c1-11-15(31-13-3-6-24-17(23)14(13)21)18-27-25-10-29(18)19(26-11)28-7-4-20(5-8-28)9-30-12(2)16(20)22/h3,6,10,12,16H,4-5,7-9,22H2,1-2H3,(H2,23,24)/t12-,16+/m0/s1. The van der Waals surface area contributed by atoms with E-state index in [4.69, 9.17) is 32.8 Å². The van der Waals surface area contributed by atoms with Crippen LogP contribution < -0.4 is 16.4 Å². The molecule has 0 radical (unpaired) electrons. The minimum absolute atomic E-state index is 0.0606. The minimum atomic E-state index is 0.0606. The molecule has 5 heterocycles. The van der Waals surface area contributed by atoms with Crippen molar-refractivity contribution in [3.8, 4) is 0 Å². The number of fused-ring (bicyclic) bond motifs is 1. The Morgan fingerprint density at radius 1 is 1.32 bits per heavy atom. The second-order valence-corrected chi connectivity index (χ2v) is 9.78. The van der Waals surface area contributed by atoms with Crippen molar-refractivity contribution in [1.29, 1.82) is 0 Å². The molecule has 0 unspecified atom stereocenters. The maximum Gasteiger partial charge on any atom is 0.212 e. The fraction of sp³-hybridized carbons (Fsp3) is 0.500. The molecule has 0 bridgehead atoms. The quantitative estimate of drug-likeness (QED) is 0.607. The molecule has 3 aromatic rings. The van der Waals surface area contributed by atoms with E-state index in [9.17, 15) is 0 Å². The Labute approximate surface area is 189 Å². The highest BCUT2D eigenvalue weighted by molar-refractivity contribution is 7.99. The third-order valence-electron chi connectivity index (χ3n) is 6.54. The number of anilines is 2. The van der Waals surface area contributed by atoms with Gasteiger partial charge in [0.2, 0.25) is 5.95 Å². The lowest BCUT2D eigenvalue weighted by atomic mass is 9.73. The summed E-state index contributed by atoms with van der Waals surface area (Å²) in [4.78, 5) is 12.9. The van der Waals surface area contributed by atoms with Gasteiger partial charge in [0.25, 0.3) is 0 Å². The number of aryl methyl sites for hydroxylation is 1. The Morgan fingerprint density at radius 2 is 2.10 bits per heavy atom. The predicted octanol–water partition coefficient (Wildman–Crippen LogP) is 2.55. The van der Waals surface area contributed by atoms with Gasteiger partial charge in [-0.3, -0.25) is 0 Å². The van der Waals surface area contributed by atoms with Gasteiger partial charge in [0.05, 0.1) is 28.3 Å². The van der Waals surface area contributed by atoms with Crippen LogP contribution in [0.5, 0.6) is 0 Å². The molecule has 0 aliphatic carbocycles. The Morgan fingerprint density at radius 3 is 2.81 bits per heavy atom. The minimum Gasteiger partial charge on any atom is -0.382 e. The van der Waals surface area contributed by atoms with Crippen LogP contribution in [-0.2, 0) is 4.74 Å². The third kappa shape index (κ3) is 3.42. The Balaban J connectivity index is 1.45. The Bertz CT molecular complexity index is 1130. The molecule has 2 fully saturated rings. The maximum atomic E-state index is 6.47. The van der Waals surface area contributed by atoms with E-state index in [0.717, 1.165) is 59.6 Å². The lowest BCUT2D eigenvalue weighted by molar-refractivity contribution is 0.0973. The fourth-order valence-electron chi connectivity index (χ4n) is 4.55. The van der Waals surface area contributed by atoms with Crippen molar-refractivity contribution in [1.82, 2.24) is 24.6 Å². The van der Waals surface area contributed by atoms with Gasteiger partial charge in [0, 0.05) is 35.6 Å². The number of nitrogens with two attached hydrogens (primary N) is 2. The first-order valence-corrected chi connectivity index (χ1v) is 11.5. The summed E-state index contributed by atoms with van der Waals surface area (Å²) in [5, 5.41) is 8.96. The highest BCUT2D eigenvalue weighted by Crippen LogP contribution is 2.43. The summed E-state index contributed by atoms with van der Waals surface area (Å²) in [5.41, 5.74) is 14.0. The fourth-order valence-corrected chi connectivity index (χ4v) is 5.74. The van der Waals surface area contributed by atoms with Gasteiger partial charge in [-0.15, -0.1) is 10.2 Å². The van der Waals surface area contributed by atoms with Crippen molar-refractivity contribution >= 4 is 40.8 Å². The maximum absolute atomic E-state index is 6.47. The van der Waals surface area contributed by atoms with E-state index in [0.29, 0.717) is 10.8 Å². The van der Waals surface area contributed by atoms with Gasteiger partial charge >= 0.3 is 0 Å². The van der Waals surface area contributed by atoms with Crippen molar-refractivity contribution < 1.29 is 4.74 Å². The van der Waals surface area contributed by atoms with Gasteiger partial charge in [0.15, 0.2) is 5.65 Å². The van der Waals surface area contributed by atoms with Crippen LogP contribution in [0.4, 0.5) is 11.8 Å². The van der Waals surface area contributed by atoms with Crippen LogP contribution in [0, 0.1) is 12.3 Å². The summed E-state index contributed by atoms with van der Waals surface area (Å²) >= 11 is 7.83. The van der Waals surface area contributed by atoms with E-state index in [1.807, 2.05) is 17.4 Å². The molecule has 2 saturated heterocycles. The molecule has 164 valence electrons. The van der Waals surface area contributed by atoms with Crippen LogP contribution >= 0.6 is 23.4 Å². The first-order valence-electron chi connectivity index (χ1n) is 10.3. The van der Waals surface area contributed by atoms with Gasteiger partial charge in [0.1, 0.15) is 12.1 Å². The number of pyridine rings is 1. The largest absolute Gasteiger partial charge is 0.382 e. The zero-order valence-corrected chi connectivity index (χ0v) is 19.0. The van der Waals surface area contributed by atoms with Crippen molar-refractivity contribution in [2.24, 2.45) is 11.1 Å². The lowest BCUT2D eigenvalue weighted by Gasteiger charge is -2.41. The second-order valence-electron chi connectivity index (χ2n) is 8.35. The van der Waals surface area contributed by atoms with E-state index < -0.39 is 0 Å². The molecule has 2 aliphatic rings. The van der Waals surface area contributed by atoms with E-state index in [2.05, 4.69) is 27.0 Å². The first kappa shape index (κ1) is 20.7. The van der Waals surface area contributed by atoms with Crippen molar-refractivity contribution in [2.75, 3.05) is 30.3 Å². The molecular formula is C20H25ClN8OS. The summed E-state index contributed by atoms with van der Waals surface area (Å²) < 4.78 is 7.80. The predicted molar refractivity (Wildman–Crippen MR) is 121 cm³/mol. The molecule has 0 saturated carbocycles. The summed E-state index contributed by atoms with van der Waals surface area (Å²) in [6, 6.07) is 1.91. The van der Waals surface area contributed by atoms with Crippen molar-refractivity contribution in [2.45, 2.75) is 48.6 Å². The van der Waals surface area contributed by atoms with E-state index in [1.54, 1.807) is 12.5 Å². The zero-order valence-electron chi connectivity index (χ0n) is 17.5. The summed E-state index contributed by atoms with van der Waals surface area (Å²) in [5.74, 6) is 1.15. The number of nitrogens with zero attached hydrogens (tertiary/aromatic N) is 6. The van der Waals surface area contributed by atoms with E-state index >= 15 is 0 Å². The number of nitrogen functional groups attached to an aromatic ring is 1. The van der Waals surface area contributed by atoms with Crippen LogP contribution in [0.1, 0.15) is 25.5 Å². The van der Waals surface area contributed by atoms with Crippen molar-refractivity contribution in [3.05, 3.63) is 29.3 Å². The Hall–Kier alpha value is -2.14. The average molecular weight is 461 g/mol. The molecule has 11 heteroatoms. The van der Waals surface area contributed by atoms with Gasteiger partial charge in [-0.1, -0.05) is 23.4 Å². The molecule has 1 spiro atoms. The molecule has 9 nitrogen and oxygen atoms in total. The van der Waals surface area contributed by atoms with Gasteiger partial charge < -0.3 is 21.1 Å². The van der Waals surface area contributed by atoms with Crippen LogP contribution in [-0.4, -0.2) is 56.4 Å². The number of aromatic nitrogens is 5. The molecule has 4 N–H and O–H groups in total. The van der Waals surface area contributed by atoms with Crippen LogP contribution in [0.2, 0.25) is 5.02 Å². The highest BCUT2D eigenvalue weighted by Gasteiger charge is 2.47. The van der Waals surface area contributed by atoms with Gasteiger partial charge in [-0.25, -0.2) is 14.4 Å². The molecular weight excluding hydrogens is 436 g/mol. The van der Waals surface area contributed by atoms with Crippen LogP contribution in [0.25, 0.3) is 5.65 Å². The van der Waals surface area contributed by atoms with Gasteiger partial charge in [-0.05, 0) is 32.8 Å². The number of ether oxygens (including phenoxy) is 1. The van der Waals surface area contributed by atoms with Gasteiger partial charge in [-0.2, -0.15) is 0 Å². The Kier molecular flexibility index (Phi) is 5.20. The number of hydrogen-bond acceptors (Lipinski definition) is 9. The first-order chi connectivity index (χ1) is 14.9. The number of hydrogen-bond donors (Lipinski definition) is 2. The topological polar surface area (TPSA) is 120 Å². The lowest BCUT2D eigenvalue weighted by Crippen LogP contribution is -2.51. The molecule has 5 rings (SSSR count). The average Bonchev–Trinajstić information content (AvgIpc) is 3.35. The summed E-state index contributed by atoms with van der Waals surface area (Å²) in [6.45, 7) is 6.51. The molecule has 2 atom stereocenters. The zero-order chi connectivity index (χ0) is 21.8. The summed E-state index contributed by atoms with van der Waals surface area (Å²) in [6.07, 6.45) is 5.42. The smallest absolute Gasteiger partial charge is 0.212 e. The number of rotatable bonds is 3. The number of halogens is 1. The summed E-state index contributed by atoms with van der Waals surface area (Å²) in [7, 11) is 0. The van der Waals surface area contributed by atoms with Crippen molar-refractivity contribution in [3.63, 3.8) is 0 Å². The molecule has 2 aliphatic heterocycles. The molecule has 0 amide bonds. The van der Waals surface area contributed by atoms with Crippen LogP contribution in [0.3, 0.4) is 0 Å². The number of piperidine rings is 1. The normalized spacial score (nSPS) is 23.2. The third-order valence-corrected chi connectivity index (χ3v) is 8.30.